The molecule has 0 aliphatic carbocycles. The Kier molecular flexibility index (Phi) is 7.35. The zero-order valence-electron chi connectivity index (χ0n) is 15.6. The molecule has 1 N–H and O–H groups in total. The van der Waals surface area contributed by atoms with Crippen molar-refractivity contribution in [3.8, 4) is 0 Å². The SMILES string of the molecule is Cc1ccc(/C=C2/SC(=S)N(CCCC(=O)Nc3cc(Cl)cc(Cl)c3)C2=O)cc1. The highest BCUT2D eigenvalue weighted by Gasteiger charge is 2.31. The largest absolute Gasteiger partial charge is 0.326 e. The molecule has 2 amide bonds. The summed E-state index contributed by atoms with van der Waals surface area (Å²) in [6, 6.07) is 12.8. The van der Waals surface area contributed by atoms with E-state index in [0.717, 1.165) is 11.1 Å². The standard InChI is InChI=1S/C21H18Cl2N2O2S2/c1-13-4-6-14(7-5-13)9-18-20(27)25(21(28)29-18)8-2-3-19(26)24-17-11-15(22)10-16(23)12-17/h4-7,9-12H,2-3,8H2,1H3,(H,24,26)/b18-9+. The number of hydrogen-bond donors (Lipinski definition) is 1. The summed E-state index contributed by atoms with van der Waals surface area (Å²) in [6.45, 7) is 2.40. The first-order valence-corrected chi connectivity index (χ1v) is 10.9. The van der Waals surface area contributed by atoms with Crippen LogP contribution in [-0.2, 0) is 9.59 Å². The number of carbonyl (C=O) groups is 2. The van der Waals surface area contributed by atoms with Gasteiger partial charge < -0.3 is 5.32 Å². The minimum Gasteiger partial charge on any atom is -0.326 e. The van der Waals surface area contributed by atoms with E-state index in [1.54, 1.807) is 23.1 Å². The zero-order chi connectivity index (χ0) is 21.0. The molecule has 150 valence electrons. The van der Waals surface area contributed by atoms with Crippen LogP contribution in [0, 0.1) is 6.92 Å². The molecular weight excluding hydrogens is 447 g/mol. The zero-order valence-corrected chi connectivity index (χ0v) is 18.7. The quantitative estimate of drug-likeness (QED) is 0.425. The number of benzene rings is 2. The fourth-order valence-electron chi connectivity index (χ4n) is 2.75. The van der Waals surface area contributed by atoms with Gasteiger partial charge in [-0.15, -0.1) is 0 Å². The first-order chi connectivity index (χ1) is 13.8. The molecular formula is C21H18Cl2N2O2S2. The van der Waals surface area contributed by atoms with Crippen molar-refractivity contribution in [2.75, 3.05) is 11.9 Å². The predicted octanol–water partition coefficient (Wildman–Crippen LogP) is 5.92. The van der Waals surface area contributed by atoms with Gasteiger partial charge in [0.05, 0.1) is 4.91 Å². The summed E-state index contributed by atoms with van der Waals surface area (Å²) in [7, 11) is 0. The van der Waals surface area contributed by atoms with E-state index in [4.69, 9.17) is 35.4 Å². The smallest absolute Gasteiger partial charge is 0.266 e. The molecule has 0 radical (unpaired) electrons. The Balaban J connectivity index is 1.53. The van der Waals surface area contributed by atoms with Crippen molar-refractivity contribution in [2.45, 2.75) is 19.8 Å². The average Bonchev–Trinajstić information content (AvgIpc) is 2.90. The van der Waals surface area contributed by atoms with Crippen LogP contribution in [0.5, 0.6) is 0 Å². The van der Waals surface area contributed by atoms with Gasteiger partial charge in [0.15, 0.2) is 0 Å². The van der Waals surface area contributed by atoms with Gasteiger partial charge in [-0.1, -0.05) is 77.0 Å². The van der Waals surface area contributed by atoms with Crippen LogP contribution >= 0.6 is 47.2 Å². The molecule has 0 bridgehead atoms. The third-order valence-corrected chi connectivity index (χ3v) is 5.99. The second kappa shape index (κ2) is 9.76. The number of halogens is 2. The minimum atomic E-state index is -0.177. The van der Waals surface area contributed by atoms with Crippen molar-refractivity contribution < 1.29 is 9.59 Å². The van der Waals surface area contributed by atoms with Gasteiger partial charge in [-0.05, 0) is 43.2 Å². The van der Waals surface area contributed by atoms with Crippen LogP contribution in [0.25, 0.3) is 6.08 Å². The Morgan fingerprint density at radius 3 is 2.48 bits per heavy atom. The molecule has 3 rings (SSSR count). The lowest BCUT2D eigenvalue weighted by atomic mass is 10.1. The van der Waals surface area contributed by atoms with Crippen LogP contribution in [-0.4, -0.2) is 27.6 Å². The van der Waals surface area contributed by atoms with Gasteiger partial charge in [-0.25, -0.2) is 0 Å². The highest BCUT2D eigenvalue weighted by atomic mass is 35.5. The van der Waals surface area contributed by atoms with Crippen LogP contribution < -0.4 is 5.32 Å². The van der Waals surface area contributed by atoms with Crippen molar-refractivity contribution in [1.29, 1.82) is 0 Å². The Hall–Kier alpha value is -1.86. The van der Waals surface area contributed by atoms with E-state index in [9.17, 15) is 9.59 Å². The maximum absolute atomic E-state index is 12.6. The number of nitrogens with one attached hydrogen (secondary N) is 1. The van der Waals surface area contributed by atoms with Gasteiger partial charge in [0.25, 0.3) is 5.91 Å². The summed E-state index contributed by atoms with van der Waals surface area (Å²) in [5, 5.41) is 3.66. The van der Waals surface area contributed by atoms with Gasteiger partial charge in [0.2, 0.25) is 5.91 Å². The average molecular weight is 465 g/mol. The highest BCUT2D eigenvalue weighted by molar-refractivity contribution is 8.26. The molecule has 2 aromatic rings. The van der Waals surface area contributed by atoms with Crippen molar-refractivity contribution >= 4 is 75.1 Å². The summed E-state index contributed by atoms with van der Waals surface area (Å²) >= 11 is 18.5. The monoisotopic (exact) mass is 464 g/mol. The molecule has 0 aromatic heterocycles. The van der Waals surface area contributed by atoms with Crippen molar-refractivity contribution in [3.63, 3.8) is 0 Å². The molecule has 1 heterocycles. The van der Waals surface area contributed by atoms with E-state index in [1.807, 2.05) is 37.3 Å². The van der Waals surface area contributed by atoms with E-state index in [1.165, 1.54) is 11.8 Å². The molecule has 0 spiro atoms. The van der Waals surface area contributed by atoms with Crippen LogP contribution in [0.15, 0.2) is 47.4 Å². The highest BCUT2D eigenvalue weighted by Crippen LogP contribution is 2.32. The Bertz CT molecular complexity index is 970. The summed E-state index contributed by atoms with van der Waals surface area (Å²) in [4.78, 5) is 26.9. The summed E-state index contributed by atoms with van der Waals surface area (Å²) in [6.07, 6.45) is 2.58. The molecule has 1 aliphatic rings. The lowest BCUT2D eigenvalue weighted by Crippen LogP contribution is -2.29. The molecule has 0 atom stereocenters. The number of amides is 2. The number of aryl methyl sites for hydroxylation is 1. The van der Waals surface area contributed by atoms with Crippen LogP contribution in [0.2, 0.25) is 10.0 Å². The third-order valence-electron chi connectivity index (χ3n) is 4.18. The second-order valence-electron chi connectivity index (χ2n) is 6.55. The maximum atomic E-state index is 12.6. The predicted molar refractivity (Wildman–Crippen MR) is 125 cm³/mol. The van der Waals surface area contributed by atoms with Gasteiger partial charge in [0.1, 0.15) is 4.32 Å². The lowest BCUT2D eigenvalue weighted by Gasteiger charge is -2.14. The Morgan fingerprint density at radius 1 is 1.17 bits per heavy atom. The number of anilines is 1. The first kappa shape index (κ1) is 21.8. The van der Waals surface area contributed by atoms with E-state index < -0.39 is 0 Å². The van der Waals surface area contributed by atoms with E-state index in [2.05, 4.69) is 5.32 Å². The molecule has 0 unspecified atom stereocenters. The topological polar surface area (TPSA) is 49.4 Å². The number of nitrogens with zero attached hydrogens (tertiary/aromatic N) is 1. The summed E-state index contributed by atoms with van der Waals surface area (Å²) in [5.74, 6) is -0.299. The molecule has 2 aromatic carbocycles. The molecule has 1 saturated heterocycles. The van der Waals surface area contributed by atoms with E-state index in [0.29, 0.717) is 37.9 Å². The fraction of sp³-hybridized carbons (Fsp3) is 0.190. The number of thioether (sulfide) groups is 1. The van der Waals surface area contributed by atoms with Gasteiger partial charge in [0, 0.05) is 28.7 Å². The normalized spacial score (nSPS) is 15.3. The lowest BCUT2D eigenvalue weighted by molar-refractivity contribution is -0.122. The van der Waals surface area contributed by atoms with E-state index in [-0.39, 0.29) is 18.2 Å². The number of hydrogen-bond acceptors (Lipinski definition) is 4. The van der Waals surface area contributed by atoms with Crippen LogP contribution in [0.4, 0.5) is 5.69 Å². The van der Waals surface area contributed by atoms with Gasteiger partial charge >= 0.3 is 0 Å². The maximum Gasteiger partial charge on any atom is 0.266 e. The minimum absolute atomic E-state index is 0.123. The van der Waals surface area contributed by atoms with E-state index >= 15 is 0 Å². The van der Waals surface area contributed by atoms with Crippen molar-refractivity contribution in [1.82, 2.24) is 4.90 Å². The fourth-order valence-corrected chi connectivity index (χ4v) is 4.59. The molecule has 29 heavy (non-hydrogen) atoms. The van der Waals surface area contributed by atoms with Crippen molar-refractivity contribution in [2.24, 2.45) is 0 Å². The number of rotatable bonds is 6. The summed E-state index contributed by atoms with van der Waals surface area (Å²) < 4.78 is 0.510. The Labute approximate surface area is 189 Å². The molecule has 4 nitrogen and oxygen atoms in total. The molecule has 1 fully saturated rings. The van der Waals surface area contributed by atoms with Crippen LogP contribution in [0.3, 0.4) is 0 Å². The number of thiocarbonyl (C=S) groups is 1. The Morgan fingerprint density at radius 2 is 1.83 bits per heavy atom. The number of carbonyl (C=O) groups excluding carboxylic acids is 2. The third kappa shape index (κ3) is 6.06. The van der Waals surface area contributed by atoms with Crippen LogP contribution in [0.1, 0.15) is 24.0 Å². The van der Waals surface area contributed by atoms with Gasteiger partial charge in [-0.3, -0.25) is 14.5 Å². The van der Waals surface area contributed by atoms with Crippen molar-refractivity contribution in [3.05, 3.63) is 68.5 Å². The molecule has 8 heteroatoms. The molecule has 0 saturated carbocycles. The first-order valence-electron chi connectivity index (χ1n) is 8.90. The van der Waals surface area contributed by atoms with Gasteiger partial charge in [-0.2, -0.15) is 0 Å². The second-order valence-corrected chi connectivity index (χ2v) is 9.10. The summed E-state index contributed by atoms with van der Waals surface area (Å²) in [5.41, 5.74) is 2.66. The molecule has 1 aliphatic heterocycles.